The number of benzene rings is 1. The molecule has 0 bridgehead atoms. The standard InChI is InChI=1S/C16H17N3O2S/c1-12-9-10-22-14(12)11-17-19-16(21)8-7-15(20)18-13-5-3-2-4-6-13/h2-6,9-11H,7-8H2,1H3,(H,18,20)(H,19,21)/b17-11-. The minimum absolute atomic E-state index is 0.0967. The summed E-state index contributed by atoms with van der Waals surface area (Å²) >= 11 is 1.56. The average molecular weight is 315 g/mol. The largest absolute Gasteiger partial charge is 0.326 e. The van der Waals surface area contributed by atoms with E-state index in [1.54, 1.807) is 29.7 Å². The van der Waals surface area contributed by atoms with Crippen molar-refractivity contribution in [2.45, 2.75) is 19.8 Å². The van der Waals surface area contributed by atoms with Crippen LogP contribution in [0.4, 0.5) is 5.69 Å². The Morgan fingerprint density at radius 3 is 2.55 bits per heavy atom. The van der Waals surface area contributed by atoms with Gasteiger partial charge in [0.05, 0.1) is 6.21 Å². The summed E-state index contributed by atoms with van der Waals surface area (Å²) < 4.78 is 0. The third-order valence-corrected chi connectivity index (χ3v) is 3.86. The molecule has 0 fully saturated rings. The number of hydrogen-bond acceptors (Lipinski definition) is 4. The molecule has 2 aromatic rings. The molecule has 0 aliphatic rings. The molecule has 6 heteroatoms. The van der Waals surface area contributed by atoms with E-state index in [0.29, 0.717) is 0 Å². The molecule has 0 radical (unpaired) electrons. The Hall–Kier alpha value is -2.47. The number of aryl methyl sites for hydroxylation is 1. The Balaban J connectivity index is 1.70. The van der Waals surface area contributed by atoms with Gasteiger partial charge in [0, 0.05) is 23.4 Å². The van der Waals surface area contributed by atoms with E-state index in [4.69, 9.17) is 0 Å². The summed E-state index contributed by atoms with van der Waals surface area (Å²) in [5, 5.41) is 8.58. The van der Waals surface area contributed by atoms with Crippen molar-refractivity contribution in [3.63, 3.8) is 0 Å². The fraction of sp³-hybridized carbons (Fsp3) is 0.188. The summed E-state index contributed by atoms with van der Waals surface area (Å²) in [4.78, 5) is 24.3. The van der Waals surface area contributed by atoms with E-state index in [1.165, 1.54) is 0 Å². The highest BCUT2D eigenvalue weighted by Gasteiger charge is 2.06. The Bertz CT molecular complexity index is 665. The maximum absolute atomic E-state index is 11.7. The maximum Gasteiger partial charge on any atom is 0.240 e. The van der Waals surface area contributed by atoms with Crippen LogP contribution in [0.1, 0.15) is 23.3 Å². The van der Waals surface area contributed by atoms with Crippen LogP contribution in [0, 0.1) is 6.92 Å². The summed E-state index contributed by atoms with van der Waals surface area (Å²) in [5.74, 6) is -0.479. The minimum Gasteiger partial charge on any atom is -0.326 e. The van der Waals surface area contributed by atoms with Gasteiger partial charge in [0.25, 0.3) is 0 Å². The quantitative estimate of drug-likeness (QED) is 0.635. The lowest BCUT2D eigenvalue weighted by Crippen LogP contribution is -2.20. The Morgan fingerprint density at radius 1 is 1.14 bits per heavy atom. The molecule has 114 valence electrons. The molecule has 0 spiro atoms. The van der Waals surface area contributed by atoms with Gasteiger partial charge in [-0.25, -0.2) is 5.43 Å². The number of amides is 2. The highest BCUT2D eigenvalue weighted by molar-refractivity contribution is 7.11. The molecule has 0 aliphatic heterocycles. The molecule has 2 amide bonds. The van der Waals surface area contributed by atoms with Crippen molar-refractivity contribution in [3.05, 3.63) is 52.2 Å². The molecule has 0 aliphatic carbocycles. The van der Waals surface area contributed by atoms with E-state index in [0.717, 1.165) is 16.1 Å². The first-order valence-electron chi connectivity index (χ1n) is 6.86. The lowest BCUT2D eigenvalue weighted by molar-refractivity contribution is -0.124. The normalized spacial score (nSPS) is 10.6. The number of para-hydroxylation sites is 1. The van der Waals surface area contributed by atoms with Crippen molar-refractivity contribution in [3.8, 4) is 0 Å². The Labute approximate surface area is 133 Å². The van der Waals surface area contributed by atoms with E-state index >= 15 is 0 Å². The first kappa shape index (κ1) is 15.9. The number of anilines is 1. The van der Waals surface area contributed by atoms with Crippen LogP contribution >= 0.6 is 11.3 Å². The number of hydrazone groups is 1. The van der Waals surface area contributed by atoms with Crippen molar-refractivity contribution < 1.29 is 9.59 Å². The van der Waals surface area contributed by atoms with Crippen LogP contribution in [0.3, 0.4) is 0 Å². The van der Waals surface area contributed by atoms with E-state index in [2.05, 4.69) is 15.8 Å². The molecule has 1 aromatic heterocycles. The molecule has 0 saturated heterocycles. The molecule has 22 heavy (non-hydrogen) atoms. The van der Waals surface area contributed by atoms with Crippen LogP contribution in [0.2, 0.25) is 0 Å². The maximum atomic E-state index is 11.7. The monoisotopic (exact) mass is 315 g/mol. The van der Waals surface area contributed by atoms with Crippen molar-refractivity contribution in [2.24, 2.45) is 5.10 Å². The number of carbonyl (C=O) groups is 2. The number of hydrogen-bond donors (Lipinski definition) is 2. The topological polar surface area (TPSA) is 70.6 Å². The van der Waals surface area contributed by atoms with Gasteiger partial charge in [-0.1, -0.05) is 18.2 Å². The average Bonchev–Trinajstić information content (AvgIpc) is 2.92. The van der Waals surface area contributed by atoms with Gasteiger partial charge >= 0.3 is 0 Å². The molecule has 1 heterocycles. The minimum atomic E-state index is -0.284. The molecule has 5 nitrogen and oxygen atoms in total. The number of thiophene rings is 1. The third-order valence-electron chi connectivity index (χ3n) is 2.91. The molecule has 2 N–H and O–H groups in total. The highest BCUT2D eigenvalue weighted by Crippen LogP contribution is 2.12. The fourth-order valence-corrected chi connectivity index (χ4v) is 2.49. The Morgan fingerprint density at radius 2 is 1.86 bits per heavy atom. The van der Waals surface area contributed by atoms with Gasteiger partial charge in [0.1, 0.15) is 0 Å². The summed E-state index contributed by atoms with van der Waals surface area (Å²) in [5.41, 5.74) is 4.26. The van der Waals surface area contributed by atoms with Gasteiger partial charge in [-0.3, -0.25) is 9.59 Å². The number of carbonyl (C=O) groups excluding carboxylic acids is 2. The fourth-order valence-electron chi connectivity index (χ4n) is 1.71. The second-order valence-corrected chi connectivity index (χ2v) is 5.62. The molecule has 0 unspecified atom stereocenters. The molecular formula is C16H17N3O2S. The van der Waals surface area contributed by atoms with Gasteiger partial charge in [-0.05, 0) is 36.1 Å². The number of nitrogens with one attached hydrogen (secondary N) is 2. The first-order valence-corrected chi connectivity index (χ1v) is 7.74. The van der Waals surface area contributed by atoms with E-state index in [-0.39, 0.29) is 24.7 Å². The van der Waals surface area contributed by atoms with Crippen molar-refractivity contribution in [1.29, 1.82) is 0 Å². The van der Waals surface area contributed by atoms with E-state index in [9.17, 15) is 9.59 Å². The smallest absolute Gasteiger partial charge is 0.240 e. The zero-order chi connectivity index (χ0) is 15.8. The van der Waals surface area contributed by atoms with E-state index in [1.807, 2.05) is 36.6 Å². The van der Waals surface area contributed by atoms with Gasteiger partial charge in [-0.2, -0.15) is 5.10 Å². The Kier molecular flexibility index (Phi) is 5.85. The molecule has 0 atom stereocenters. The van der Waals surface area contributed by atoms with Crippen LogP contribution in [-0.4, -0.2) is 18.0 Å². The lowest BCUT2D eigenvalue weighted by Gasteiger charge is -2.04. The van der Waals surface area contributed by atoms with Crippen LogP contribution in [0.25, 0.3) is 0 Å². The number of rotatable bonds is 6. The van der Waals surface area contributed by atoms with Crippen molar-refractivity contribution in [2.75, 3.05) is 5.32 Å². The predicted molar refractivity (Wildman–Crippen MR) is 89.1 cm³/mol. The van der Waals surface area contributed by atoms with E-state index < -0.39 is 0 Å². The third kappa shape index (κ3) is 5.14. The second kappa shape index (κ2) is 8.09. The van der Waals surface area contributed by atoms with Crippen LogP contribution in [0.5, 0.6) is 0 Å². The van der Waals surface area contributed by atoms with Crippen molar-refractivity contribution in [1.82, 2.24) is 5.43 Å². The molecule has 0 saturated carbocycles. The molecule has 1 aromatic carbocycles. The van der Waals surface area contributed by atoms with Crippen LogP contribution in [-0.2, 0) is 9.59 Å². The molecule has 2 rings (SSSR count). The van der Waals surface area contributed by atoms with Gasteiger partial charge in [0.2, 0.25) is 11.8 Å². The predicted octanol–water partition coefficient (Wildman–Crippen LogP) is 2.93. The van der Waals surface area contributed by atoms with Gasteiger partial charge in [0.15, 0.2) is 0 Å². The highest BCUT2D eigenvalue weighted by atomic mass is 32.1. The van der Waals surface area contributed by atoms with Crippen LogP contribution < -0.4 is 10.7 Å². The second-order valence-electron chi connectivity index (χ2n) is 4.68. The zero-order valence-corrected chi connectivity index (χ0v) is 13.0. The summed E-state index contributed by atoms with van der Waals surface area (Å²) in [6.45, 7) is 1.98. The summed E-state index contributed by atoms with van der Waals surface area (Å²) in [7, 11) is 0. The zero-order valence-electron chi connectivity index (χ0n) is 12.2. The summed E-state index contributed by atoms with van der Waals surface area (Å²) in [6.07, 6.45) is 1.83. The van der Waals surface area contributed by atoms with Gasteiger partial charge < -0.3 is 5.32 Å². The first-order chi connectivity index (χ1) is 10.6. The van der Waals surface area contributed by atoms with Crippen molar-refractivity contribution >= 4 is 35.1 Å². The SMILES string of the molecule is Cc1ccsc1/C=N\NC(=O)CCC(=O)Nc1ccccc1. The molecular weight excluding hydrogens is 298 g/mol. The summed E-state index contributed by atoms with van der Waals surface area (Å²) in [6, 6.07) is 11.1. The van der Waals surface area contributed by atoms with Gasteiger partial charge in [-0.15, -0.1) is 11.3 Å². The lowest BCUT2D eigenvalue weighted by atomic mass is 10.2. The van der Waals surface area contributed by atoms with Crippen LogP contribution in [0.15, 0.2) is 46.9 Å². The number of nitrogens with zero attached hydrogens (tertiary/aromatic N) is 1.